The summed E-state index contributed by atoms with van der Waals surface area (Å²) in [5, 5.41) is 10.6. The number of ether oxygens (including phenoxy) is 4. The van der Waals surface area contributed by atoms with Crippen LogP contribution in [0.5, 0.6) is 0 Å². The Labute approximate surface area is 617 Å². The Morgan fingerprint density at radius 3 is 0.833 bits per heavy atom. The van der Waals surface area contributed by atoms with Gasteiger partial charge >= 0.3 is 39.5 Å². The Kier molecular flexibility index (Phi) is 70.5. The summed E-state index contributed by atoms with van der Waals surface area (Å²) in [7, 11) is -9.99. The summed E-state index contributed by atoms with van der Waals surface area (Å²) in [6.45, 7) is 4.42. The monoisotopic (exact) mass is 1470 g/mol. The lowest BCUT2D eigenvalue weighted by Crippen LogP contribution is -2.30. The Balaban J connectivity index is 5.45. The topological polar surface area (TPSA) is 237 Å². The molecule has 0 amide bonds. The highest BCUT2D eigenvalue weighted by Crippen LogP contribution is 2.45. The molecule has 5 atom stereocenters. The molecule has 0 aromatic heterocycles. The fourth-order valence-electron chi connectivity index (χ4n) is 9.93. The smallest absolute Gasteiger partial charge is 0.462 e. The molecule has 0 aliphatic heterocycles. The van der Waals surface area contributed by atoms with Crippen molar-refractivity contribution in [3.05, 3.63) is 146 Å². The van der Waals surface area contributed by atoms with Crippen molar-refractivity contribution in [3.63, 3.8) is 0 Å². The average molecular weight is 1470 g/mol. The van der Waals surface area contributed by atoms with Crippen LogP contribution in [0.4, 0.5) is 0 Å². The van der Waals surface area contributed by atoms with Gasteiger partial charge in [0.05, 0.1) is 26.4 Å². The van der Waals surface area contributed by atoms with Crippen molar-refractivity contribution in [2.75, 3.05) is 39.6 Å². The van der Waals surface area contributed by atoms with Crippen LogP contribution in [-0.4, -0.2) is 96.7 Å². The summed E-state index contributed by atoms with van der Waals surface area (Å²) in [5.41, 5.74) is 0. The van der Waals surface area contributed by atoms with E-state index in [0.717, 1.165) is 173 Å². The van der Waals surface area contributed by atoms with Gasteiger partial charge in [0.15, 0.2) is 12.2 Å². The third-order valence-electron chi connectivity index (χ3n) is 15.8. The van der Waals surface area contributed by atoms with Crippen LogP contribution in [-0.2, 0) is 65.4 Å². The molecule has 0 rings (SSSR count). The van der Waals surface area contributed by atoms with Crippen LogP contribution in [0.25, 0.3) is 0 Å². The van der Waals surface area contributed by atoms with Crippen LogP contribution < -0.4 is 0 Å². The van der Waals surface area contributed by atoms with Crippen LogP contribution >= 0.6 is 15.6 Å². The van der Waals surface area contributed by atoms with Crippen LogP contribution in [0.2, 0.25) is 0 Å². The fourth-order valence-corrected chi connectivity index (χ4v) is 11.5. The number of hydrogen-bond acceptors (Lipinski definition) is 15. The number of phosphoric acid groups is 2. The number of esters is 4. The number of hydrogen-bond donors (Lipinski definition) is 3. The minimum absolute atomic E-state index is 0.0585. The van der Waals surface area contributed by atoms with Crippen molar-refractivity contribution >= 4 is 39.5 Å². The molecule has 0 saturated carbocycles. The maximum atomic E-state index is 13.1. The second-order valence-corrected chi connectivity index (χ2v) is 28.4. The van der Waals surface area contributed by atoms with E-state index in [1.54, 1.807) is 0 Å². The number of carbonyl (C=O) groups excluding carboxylic acids is 4. The molecule has 0 fully saturated rings. The summed E-state index contributed by atoms with van der Waals surface area (Å²) in [5.74, 6) is -2.29. The van der Waals surface area contributed by atoms with E-state index >= 15 is 0 Å². The van der Waals surface area contributed by atoms with E-state index in [2.05, 4.69) is 161 Å². The third-order valence-corrected chi connectivity index (χ3v) is 17.7. The number of aliphatic hydroxyl groups is 1. The Morgan fingerprint density at radius 1 is 0.284 bits per heavy atom. The quantitative estimate of drug-likeness (QED) is 0.0169. The molecule has 102 heavy (non-hydrogen) atoms. The lowest BCUT2D eigenvalue weighted by atomic mass is 10.1. The van der Waals surface area contributed by atoms with Gasteiger partial charge in [0.25, 0.3) is 0 Å². The average Bonchev–Trinajstić information content (AvgIpc) is 0.923. The van der Waals surface area contributed by atoms with Gasteiger partial charge in [-0.15, -0.1) is 0 Å². The first-order valence-electron chi connectivity index (χ1n) is 39.1. The molecule has 5 unspecified atom stereocenters. The van der Waals surface area contributed by atoms with Crippen molar-refractivity contribution in [2.45, 2.75) is 316 Å². The van der Waals surface area contributed by atoms with E-state index in [0.29, 0.717) is 32.1 Å². The molecule has 0 bridgehead atoms. The highest BCUT2D eigenvalue weighted by molar-refractivity contribution is 7.47. The van der Waals surface area contributed by atoms with E-state index < -0.39 is 97.5 Å². The molecule has 0 heterocycles. The Bertz CT molecular complexity index is 2510. The normalized spacial score (nSPS) is 14.7. The van der Waals surface area contributed by atoms with Crippen molar-refractivity contribution in [1.82, 2.24) is 0 Å². The molecular weight excluding hydrogens is 1330 g/mol. The van der Waals surface area contributed by atoms with Crippen molar-refractivity contribution < 1.29 is 80.2 Å². The Morgan fingerprint density at radius 2 is 0.520 bits per heavy atom. The van der Waals surface area contributed by atoms with Crippen LogP contribution in [0.1, 0.15) is 297 Å². The fraction of sp³-hybridized carbons (Fsp3) is 0.663. The summed E-state index contributed by atoms with van der Waals surface area (Å²) in [4.78, 5) is 73.0. The number of aliphatic hydroxyl groups excluding tert-OH is 1. The number of carbonyl (C=O) groups is 4. The SMILES string of the molecule is CC/C=C\C/C=C\C/C=C\C/C=C\C/C=C\CCCC(=O)OCC(COP(=O)(O)OCC(O)COP(=O)(O)OCC(COC(=O)CCCCCCC/C=C\C/C=C\C/C=C\CC)OC(=O)CCCCCCC/C=C\CCCCCCCC)OC(=O)CCCCCCC/C=C\C/C=C\C/C=C\CC. The molecule has 582 valence electrons. The maximum absolute atomic E-state index is 13.1. The van der Waals surface area contributed by atoms with Gasteiger partial charge in [-0.2, -0.15) is 0 Å². The zero-order valence-electron chi connectivity index (χ0n) is 63.5. The third kappa shape index (κ3) is 73.3. The second-order valence-electron chi connectivity index (χ2n) is 25.5. The highest BCUT2D eigenvalue weighted by atomic mass is 31.2. The minimum Gasteiger partial charge on any atom is -0.462 e. The van der Waals surface area contributed by atoms with Crippen molar-refractivity contribution in [2.24, 2.45) is 0 Å². The van der Waals surface area contributed by atoms with E-state index in [-0.39, 0.29) is 25.7 Å². The first kappa shape index (κ1) is 96.9. The summed E-state index contributed by atoms with van der Waals surface area (Å²) in [6.07, 6.45) is 84.1. The molecule has 3 N–H and O–H groups in total. The summed E-state index contributed by atoms with van der Waals surface area (Å²) in [6, 6.07) is 0. The number of phosphoric ester groups is 2. The van der Waals surface area contributed by atoms with Gasteiger partial charge in [0, 0.05) is 25.7 Å². The lowest BCUT2D eigenvalue weighted by molar-refractivity contribution is -0.161. The maximum Gasteiger partial charge on any atom is 0.472 e. The van der Waals surface area contributed by atoms with E-state index in [1.165, 1.54) is 38.5 Å². The van der Waals surface area contributed by atoms with E-state index in [1.807, 2.05) is 12.2 Å². The van der Waals surface area contributed by atoms with Gasteiger partial charge in [-0.25, -0.2) is 9.13 Å². The van der Waals surface area contributed by atoms with Crippen LogP contribution in [0.15, 0.2) is 146 Å². The first-order valence-corrected chi connectivity index (χ1v) is 42.1. The van der Waals surface area contributed by atoms with Gasteiger partial charge in [0.2, 0.25) is 0 Å². The highest BCUT2D eigenvalue weighted by Gasteiger charge is 2.30. The predicted molar refractivity (Wildman–Crippen MR) is 417 cm³/mol. The molecule has 0 radical (unpaired) electrons. The molecule has 0 spiro atoms. The molecule has 0 aliphatic rings. The molecule has 19 heteroatoms. The zero-order chi connectivity index (χ0) is 74.6. The molecule has 0 saturated heterocycles. The number of rotatable bonds is 72. The van der Waals surface area contributed by atoms with E-state index in [9.17, 15) is 43.2 Å². The molecule has 0 aromatic rings. The zero-order valence-corrected chi connectivity index (χ0v) is 65.3. The van der Waals surface area contributed by atoms with Gasteiger partial charge in [0.1, 0.15) is 19.3 Å². The Hall–Kier alpha value is -5.06. The largest absolute Gasteiger partial charge is 0.472 e. The first-order chi connectivity index (χ1) is 49.7. The van der Waals surface area contributed by atoms with Gasteiger partial charge in [-0.05, 0) is 154 Å². The van der Waals surface area contributed by atoms with Crippen LogP contribution in [0, 0.1) is 0 Å². The number of allylic oxidation sites excluding steroid dienone is 24. The van der Waals surface area contributed by atoms with Gasteiger partial charge in [-0.3, -0.25) is 37.3 Å². The lowest BCUT2D eigenvalue weighted by Gasteiger charge is -2.21. The molecule has 0 aliphatic carbocycles. The molecular formula is C83H138O17P2. The van der Waals surface area contributed by atoms with Gasteiger partial charge in [-0.1, -0.05) is 263 Å². The second kappa shape index (κ2) is 74.2. The van der Waals surface area contributed by atoms with Crippen molar-refractivity contribution in [1.29, 1.82) is 0 Å². The summed E-state index contributed by atoms with van der Waals surface area (Å²) < 4.78 is 68.5. The molecule has 0 aromatic carbocycles. The van der Waals surface area contributed by atoms with Crippen molar-refractivity contribution in [3.8, 4) is 0 Å². The minimum atomic E-state index is -5.00. The predicted octanol–water partition coefficient (Wildman–Crippen LogP) is 22.7. The number of unbranched alkanes of at least 4 members (excludes halogenated alkanes) is 22. The standard InChI is InChI=1S/C83H138O17P2/c1-5-9-13-17-21-25-29-33-37-38-42-44-48-52-56-60-64-68-81(86)94-74-79(100-83(88)70-66-62-58-54-50-46-41-36-32-28-24-20-16-12-8-4)76-98-102(91,92)96-72-77(84)71-95-101(89,90)97-75-78(99-82(87)69-65-61-57-53-49-45-40-35-31-27-23-19-15-11-7-3)73-93-80(85)67-63-59-55-51-47-43-39-34-30-26-22-18-14-10-6-2/h9-10,12-14,16,21-22,24-26,28,33-37,39-42,44,52,56,77-79,84H,5-8,11,15,17-20,23,27,29-32,38,43,45-51,53-55,57-76H2,1-4H3,(H,89,90)(H,91,92)/b13-9-,14-10-,16-12-,25-21-,26-22-,28-24-,37-33-,39-34-,40-35-,41-36-,44-42-,56-52-. The van der Waals surface area contributed by atoms with E-state index in [4.69, 9.17) is 37.0 Å². The summed E-state index contributed by atoms with van der Waals surface area (Å²) >= 11 is 0. The van der Waals surface area contributed by atoms with Crippen LogP contribution in [0.3, 0.4) is 0 Å². The molecule has 17 nitrogen and oxygen atoms in total. The van der Waals surface area contributed by atoms with Gasteiger partial charge < -0.3 is 33.8 Å².